The van der Waals surface area contributed by atoms with E-state index in [0.29, 0.717) is 38.1 Å². The molecule has 0 N–H and O–H groups in total. The summed E-state index contributed by atoms with van der Waals surface area (Å²) in [5.74, 6) is 1.88. The lowest BCUT2D eigenvalue weighted by Crippen LogP contribution is -2.23. The summed E-state index contributed by atoms with van der Waals surface area (Å²) >= 11 is 1.28. The molecule has 8 heteroatoms. The Bertz CT molecular complexity index is 1300. The number of aromatic nitrogens is 3. The number of hydrogen-bond acceptors (Lipinski definition) is 7. The normalized spacial score (nSPS) is 12.0. The number of hydrogen-bond donors (Lipinski definition) is 0. The van der Waals surface area contributed by atoms with Gasteiger partial charge in [0.15, 0.2) is 17.3 Å². The van der Waals surface area contributed by atoms with Gasteiger partial charge in [-0.3, -0.25) is 4.79 Å². The van der Waals surface area contributed by atoms with Gasteiger partial charge < -0.3 is 14.2 Å². The van der Waals surface area contributed by atoms with Crippen LogP contribution in [0.25, 0.3) is 28.5 Å². The molecule has 2 heterocycles. The Morgan fingerprint density at radius 2 is 1.70 bits per heavy atom. The van der Waals surface area contributed by atoms with E-state index in [2.05, 4.69) is 10.1 Å². The van der Waals surface area contributed by atoms with E-state index in [0.717, 1.165) is 5.56 Å². The average Bonchev–Trinajstić information content (AvgIpc) is 3.33. The van der Waals surface area contributed by atoms with Gasteiger partial charge in [0.25, 0.3) is 5.56 Å². The van der Waals surface area contributed by atoms with Gasteiger partial charge in [0.1, 0.15) is 0 Å². The van der Waals surface area contributed by atoms with Gasteiger partial charge in [-0.05, 0) is 23.8 Å². The number of allylic oxidation sites excluding steroid dienone is 1. The van der Waals surface area contributed by atoms with Crippen LogP contribution in [0.15, 0.2) is 53.3 Å². The van der Waals surface area contributed by atoms with Gasteiger partial charge in [0.2, 0.25) is 10.7 Å². The van der Waals surface area contributed by atoms with E-state index in [1.807, 2.05) is 42.5 Å². The zero-order valence-corrected chi connectivity index (χ0v) is 17.5. The van der Waals surface area contributed by atoms with E-state index in [1.54, 1.807) is 39.5 Å². The quantitative estimate of drug-likeness (QED) is 0.476. The van der Waals surface area contributed by atoms with Gasteiger partial charge in [-0.15, -0.1) is 5.10 Å². The standard InChI is InChI=1S/C22H19N3O4S/c1-27-16-12-15(13-17(28-2)19(16)29-3)20-23-22-25(24-20)21(26)18(30-22)11-7-10-14-8-5-4-6-9-14/h4-13H,1-3H3/b10-7+,18-11-. The second-order valence-corrected chi connectivity index (χ2v) is 7.26. The largest absolute Gasteiger partial charge is 0.493 e. The Kier molecular flexibility index (Phi) is 5.49. The maximum atomic E-state index is 12.7. The third-order valence-electron chi connectivity index (χ3n) is 4.44. The summed E-state index contributed by atoms with van der Waals surface area (Å²) in [6.07, 6.45) is 5.56. The van der Waals surface area contributed by atoms with Crippen LogP contribution in [0.3, 0.4) is 0 Å². The zero-order valence-electron chi connectivity index (χ0n) is 16.7. The fourth-order valence-corrected chi connectivity index (χ4v) is 3.85. The van der Waals surface area contributed by atoms with Crippen LogP contribution < -0.4 is 24.3 Å². The molecule has 4 rings (SSSR count). The van der Waals surface area contributed by atoms with Crippen molar-refractivity contribution in [2.75, 3.05) is 21.3 Å². The van der Waals surface area contributed by atoms with Gasteiger partial charge in [-0.1, -0.05) is 53.8 Å². The second kappa shape index (κ2) is 8.38. The molecule has 0 bridgehead atoms. The average molecular weight is 421 g/mol. The van der Waals surface area contributed by atoms with Crippen LogP contribution in [0.2, 0.25) is 0 Å². The van der Waals surface area contributed by atoms with Crippen molar-refractivity contribution < 1.29 is 14.2 Å². The van der Waals surface area contributed by atoms with E-state index >= 15 is 0 Å². The molecule has 4 aromatic rings. The molecule has 0 amide bonds. The molecule has 0 spiro atoms. The van der Waals surface area contributed by atoms with Crippen molar-refractivity contribution in [2.24, 2.45) is 0 Å². The van der Waals surface area contributed by atoms with Crippen LogP contribution in [-0.4, -0.2) is 35.9 Å². The van der Waals surface area contributed by atoms with Crippen molar-refractivity contribution in [2.45, 2.75) is 0 Å². The van der Waals surface area contributed by atoms with Crippen molar-refractivity contribution in [1.82, 2.24) is 14.6 Å². The lowest BCUT2D eigenvalue weighted by Gasteiger charge is -2.12. The molecule has 0 saturated heterocycles. The lowest BCUT2D eigenvalue weighted by atomic mass is 10.1. The Hall–Kier alpha value is -3.65. The van der Waals surface area contributed by atoms with Crippen LogP contribution in [0.4, 0.5) is 0 Å². The third kappa shape index (κ3) is 3.65. The minimum atomic E-state index is -0.209. The molecule has 0 aliphatic carbocycles. The van der Waals surface area contributed by atoms with Crippen molar-refractivity contribution >= 4 is 28.4 Å². The number of benzene rings is 2. The Labute approximate surface area is 176 Å². The van der Waals surface area contributed by atoms with E-state index in [4.69, 9.17) is 14.2 Å². The third-order valence-corrected chi connectivity index (χ3v) is 5.42. The highest BCUT2D eigenvalue weighted by Gasteiger charge is 2.18. The summed E-state index contributed by atoms with van der Waals surface area (Å²) in [5.41, 5.74) is 1.51. The lowest BCUT2D eigenvalue weighted by molar-refractivity contribution is 0.324. The fourth-order valence-electron chi connectivity index (χ4n) is 2.99. The van der Waals surface area contributed by atoms with Gasteiger partial charge in [-0.2, -0.15) is 9.50 Å². The number of thiazole rings is 1. The molecule has 0 atom stereocenters. The van der Waals surface area contributed by atoms with Crippen LogP contribution in [0.1, 0.15) is 5.56 Å². The molecule has 0 radical (unpaired) electrons. The van der Waals surface area contributed by atoms with Crippen molar-refractivity contribution in [3.05, 3.63) is 69.0 Å². The van der Waals surface area contributed by atoms with E-state index in [1.165, 1.54) is 15.9 Å². The molecule has 0 unspecified atom stereocenters. The number of fused-ring (bicyclic) bond motifs is 1. The van der Waals surface area contributed by atoms with Gasteiger partial charge in [-0.25, -0.2) is 0 Å². The first-order valence-corrected chi connectivity index (χ1v) is 9.89. The first-order valence-electron chi connectivity index (χ1n) is 9.08. The van der Waals surface area contributed by atoms with Gasteiger partial charge in [0.05, 0.1) is 25.9 Å². The predicted molar refractivity (Wildman–Crippen MR) is 117 cm³/mol. The minimum Gasteiger partial charge on any atom is -0.493 e. The smallest absolute Gasteiger partial charge is 0.291 e. The highest BCUT2D eigenvalue weighted by atomic mass is 32.1. The van der Waals surface area contributed by atoms with E-state index in [9.17, 15) is 4.79 Å². The SMILES string of the molecule is COc1cc(-c2nc3s/c(=C\C=C\c4ccccc4)c(=O)n3n2)cc(OC)c1OC. The Balaban J connectivity index is 1.72. The molecule has 0 saturated carbocycles. The number of ether oxygens (including phenoxy) is 3. The topological polar surface area (TPSA) is 75.0 Å². The van der Waals surface area contributed by atoms with Crippen LogP contribution in [0, 0.1) is 0 Å². The molecular formula is C22H19N3O4S. The van der Waals surface area contributed by atoms with Crippen molar-refractivity contribution in [3.63, 3.8) is 0 Å². The molecule has 30 heavy (non-hydrogen) atoms. The molecule has 0 fully saturated rings. The summed E-state index contributed by atoms with van der Waals surface area (Å²) in [7, 11) is 4.63. The first kappa shape index (κ1) is 19.7. The van der Waals surface area contributed by atoms with Crippen molar-refractivity contribution in [1.29, 1.82) is 0 Å². The summed E-state index contributed by atoms with van der Waals surface area (Å²) in [6.45, 7) is 0. The van der Waals surface area contributed by atoms with Crippen LogP contribution in [0.5, 0.6) is 17.2 Å². The molecule has 152 valence electrons. The van der Waals surface area contributed by atoms with Crippen LogP contribution in [-0.2, 0) is 0 Å². The maximum absolute atomic E-state index is 12.7. The molecule has 0 aliphatic heterocycles. The number of methoxy groups -OCH3 is 3. The van der Waals surface area contributed by atoms with Gasteiger partial charge >= 0.3 is 0 Å². The summed E-state index contributed by atoms with van der Waals surface area (Å²) in [5, 5.41) is 4.38. The minimum absolute atomic E-state index is 0.209. The summed E-state index contributed by atoms with van der Waals surface area (Å²) in [4.78, 5) is 17.7. The molecule has 0 aliphatic rings. The summed E-state index contributed by atoms with van der Waals surface area (Å²) in [6, 6.07) is 13.4. The zero-order chi connectivity index (χ0) is 21.1. The van der Waals surface area contributed by atoms with Crippen LogP contribution >= 0.6 is 11.3 Å². The molecule has 2 aromatic heterocycles. The second-order valence-electron chi connectivity index (χ2n) is 6.25. The summed E-state index contributed by atoms with van der Waals surface area (Å²) < 4.78 is 18.0. The highest BCUT2D eigenvalue weighted by Crippen LogP contribution is 2.40. The Morgan fingerprint density at radius 3 is 2.30 bits per heavy atom. The first-order chi connectivity index (χ1) is 14.6. The predicted octanol–water partition coefficient (Wildman–Crippen LogP) is 3.06. The monoisotopic (exact) mass is 421 g/mol. The molecular weight excluding hydrogens is 402 g/mol. The molecule has 2 aromatic carbocycles. The number of rotatable bonds is 6. The van der Waals surface area contributed by atoms with Crippen molar-refractivity contribution in [3.8, 4) is 28.6 Å². The maximum Gasteiger partial charge on any atom is 0.291 e. The molecule has 7 nitrogen and oxygen atoms in total. The fraction of sp³-hybridized carbons (Fsp3) is 0.136. The highest BCUT2D eigenvalue weighted by molar-refractivity contribution is 7.15. The Morgan fingerprint density at radius 1 is 1.00 bits per heavy atom. The number of nitrogens with zero attached hydrogens (tertiary/aromatic N) is 3. The van der Waals surface area contributed by atoms with E-state index < -0.39 is 0 Å². The van der Waals surface area contributed by atoms with Gasteiger partial charge in [0, 0.05) is 5.56 Å². The van der Waals surface area contributed by atoms with E-state index in [-0.39, 0.29) is 5.56 Å².